The van der Waals surface area contributed by atoms with Gasteiger partial charge in [0.2, 0.25) is 5.78 Å². The summed E-state index contributed by atoms with van der Waals surface area (Å²) in [6.07, 6.45) is 0. The number of carbonyl (C=O) groups excluding carboxylic acids is 1. The highest BCUT2D eigenvalue weighted by atomic mass is 35.5. The van der Waals surface area contributed by atoms with Crippen LogP contribution >= 0.6 is 34.5 Å². The number of benzene rings is 4. The van der Waals surface area contributed by atoms with Gasteiger partial charge >= 0.3 is 0 Å². The molecule has 4 aromatic carbocycles. The lowest BCUT2D eigenvalue weighted by Gasteiger charge is -2.13. The van der Waals surface area contributed by atoms with E-state index in [1.807, 2.05) is 36.4 Å². The average molecular weight is 550 g/mol. The lowest BCUT2D eigenvalue weighted by atomic mass is 10.1. The molecule has 0 atom stereocenters. The summed E-state index contributed by atoms with van der Waals surface area (Å²) < 4.78 is 12.8. The van der Waals surface area contributed by atoms with Crippen molar-refractivity contribution in [1.82, 2.24) is 4.98 Å². The van der Waals surface area contributed by atoms with Crippen LogP contribution in [0.3, 0.4) is 0 Å². The first-order valence-electron chi connectivity index (χ1n) is 11.2. The van der Waals surface area contributed by atoms with E-state index in [2.05, 4.69) is 4.98 Å². The molecular weight excluding hydrogens is 529 g/mol. The number of fused-ring (bicyclic) bond motifs is 1. The van der Waals surface area contributed by atoms with E-state index in [4.69, 9.17) is 44.1 Å². The summed E-state index contributed by atoms with van der Waals surface area (Å²) in [6.45, 7) is 0.441. The van der Waals surface area contributed by atoms with Crippen LogP contribution in [0, 0.1) is 0 Å². The van der Waals surface area contributed by atoms with E-state index >= 15 is 0 Å². The van der Waals surface area contributed by atoms with Crippen molar-refractivity contribution in [3.63, 3.8) is 0 Å². The summed E-state index contributed by atoms with van der Waals surface area (Å²) in [7, 11) is 0. The average Bonchev–Trinajstić information content (AvgIpc) is 3.32. The van der Waals surface area contributed by atoms with Gasteiger partial charge in [-0.1, -0.05) is 59.6 Å². The van der Waals surface area contributed by atoms with Gasteiger partial charge in [0, 0.05) is 38.5 Å². The van der Waals surface area contributed by atoms with Crippen LogP contribution in [0.2, 0.25) is 10.0 Å². The Morgan fingerprint density at radius 3 is 1.95 bits per heavy atom. The highest BCUT2D eigenvalue weighted by Crippen LogP contribution is 2.32. The minimum Gasteiger partial charge on any atom is -0.489 e. The number of nitrogens with two attached hydrogens (primary N) is 2. The lowest BCUT2D eigenvalue weighted by Crippen LogP contribution is -2.04. The maximum Gasteiger partial charge on any atom is 0.221 e. The number of halogens is 2. The summed E-state index contributed by atoms with van der Waals surface area (Å²) >= 11 is 13.8. The number of aromatic nitrogens is 1. The largest absolute Gasteiger partial charge is 0.489 e. The molecule has 0 bridgehead atoms. The zero-order valence-corrected chi connectivity index (χ0v) is 21.7. The lowest BCUT2D eigenvalue weighted by molar-refractivity contribution is 0.103. The van der Waals surface area contributed by atoms with E-state index in [0.29, 0.717) is 44.0 Å². The van der Waals surface area contributed by atoms with Crippen LogP contribution in [0.1, 0.15) is 26.5 Å². The molecule has 186 valence electrons. The summed E-state index contributed by atoms with van der Waals surface area (Å²) in [5, 5.41) is 1.47. The number of nitrogen functional groups attached to an aromatic ring is 2. The van der Waals surface area contributed by atoms with Crippen LogP contribution in [0.4, 0.5) is 11.4 Å². The van der Waals surface area contributed by atoms with Crippen molar-refractivity contribution in [2.45, 2.75) is 13.2 Å². The highest BCUT2D eigenvalue weighted by molar-refractivity contribution is 7.20. The maximum absolute atomic E-state index is 13.5. The van der Waals surface area contributed by atoms with E-state index in [-0.39, 0.29) is 24.0 Å². The van der Waals surface area contributed by atoms with Crippen LogP contribution < -0.4 is 20.9 Å². The molecule has 0 spiro atoms. The summed E-state index contributed by atoms with van der Waals surface area (Å²) in [5.41, 5.74) is 15.4. The normalized spacial score (nSPS) is 11.0. The Morgan fingerprint density at radius 2 is 1.38 bits per heavy atom. The SMILES string of the molecule is Nc1cc(N)c2nc(C(=O)c3cc(OCc4ccccc4Cl)cc(OCc4ccccc4Cl)c3)sc2c1. The van der Waals surface area contributed by atoms with Gasteiger partial charge in [-0.15, -0.1) is 11.3 Å². The molecule has 0 saturated heterocycles. The quantitative estimate of drug-likeness (QED) is 0.157. The number of thiazole rings is 1. The Morgan fingerprint density at radius 1 is 0.811 bits per heavy atom. The van der Waals surface area contributed by atoms with E-state index in [1.165, 1.54) is 11.3 Å². The molecule has 0 radical (unpaired) electrons. The fourth-order valence-electron chi connectivity index (χ4n) is 3.72. The second kappa shape index (κ2) is 10.7. The van der Waals surface area contributed by atoms with Gasteiger partial charge in [0.15, 0.2) is 5.01 Å². The molecule has 0 aliphatic heterocycles. The number of ketones is 1. The van der Waals surface area contributed by atoms with Crippen LogP contribution in [0.15, 0.2) is 78.9 Å². The number of anilines is 2. The summed E-state index contributed by atoms with van der Waals surface area (Å²) in [4.78, 5) is 18.0. The van der Waals surface area contributed by atoms with E-state index < -0.39 is 0 Å². The Kier molecular flexibility index (Phi) is 7.19. The molecule has 0 unspecified atom stereocenters. The number of hydrogen-bond donors (Lipinski definition) is 2. The Balaban J connectivity index is 1.47. The number of nitrogens with zero attached hydrogens (tertiary/aromatic N) is 1. The topological polar surface area (TPSA) is 100 Å². The molecule has 0 saturated carbocycles. The van der Waals surface area contributed by atoms with Gasteiger partial charge in [0.25, 0.3) is 0 Å². The monoisotopic (exact) mass is 549 g/mol. The molecule has 4 N–H and O–H groups in total. The van der Waals surface area contributed by atoms with Crippen LogP contribution in [0.5, 0.6) is 11.5 Å². The first-order valence-corrected chi connectivity index (χ1v) is 12.8. The standard InChI is InChI=1S/C28H21Cl2N3O3S/c29-22-7-3-1-5-16(22)14-35-20-9-18(10-21(13-20)36-15-17-6-2-4-8-23(17)30)27(34)28-33-26-24(32)11-19(31)12-25(26)37-28/h1-13H,14-15,31-32H2. The van der Waals surface area contributed by atoms with E-state index in [9.17, 15) is 4.79 Å². The van der Waals surface area contributed by atoms with Gasteiger partial charge in [-0.05, 0) is 36.4 Å². The van der Waals surface area contributed by atoms with Crippen molar-refractivity contribution < 1.29 is 14.3 Å². The fraction of sp³-hybridized carbons (Fsp3) is 0.0714. The molecule has 37 heavy (non-hydrogen) atoms. The zero-order valence-electron chi connectivity index (χ0n) is 19.4. The third kappa shape index (κ3) is 5.64. The molecule has 1 heterocycles. The predicted octanol–water partition coefficient (Wildman–Crippen LogP) is 7.16. The van der Waals surface area contributed by atoms with Crippen molar-refractivity contribution >= 4 is 61.9 Å². The van der Waals surface area contributed by atoms with Crippen LogP contribution in [0.25, 0.3) is 10.2 Å². The molecule has 0 fully saturated rings. The summed E-state index contributed by atoms with van der Waals surface area (Å²) in [6, 6.07) is 23.2. The first-order chi connectivity index (χ1) is 17.9. The number of ether oxygens (including phenoxy) is 2. The second-order valence-electron chi connectivity index (χ2n) is 8.26. The maximum atomic E-state index is 13.5. The van der Waals surface area contributed by atoms with Gasteiger partial charge in [0.05, 0.1) is 10.4 Å². The van der Waals surface area contributed by atoms with Crippen molar-refractivity contribution in [2.75, 3.05) is 11.5 Å². The Bertz CT molecular complexity index is 1550. The van der Waals surface area contributed by atoms with Crippen molar-refractivity contribution in [1.29, 1.82) is 0 Å². The molecular formula is C28H21Cl2N3O3S. The zero-order chi connectivity index (χ0) is 25.9. The molecule has 0 amide bonds. The summed E-state index contributed by atoms with van der Waals surface area (Å²) in [5.74, 6) is 0.611. The number of carbonyl (C=O) groups is 1. The fourth-order valence-corrected chi connectivity index (χ4v) is 5.11. The van der Waals surface area contributed by atoms with E-state index in [0.717, 1.165) is 15.8 Å². The molecule has 5 rings (SSSR count). The van der Waals surface area contributed by atoms with Crippen molar-refractivity contribution in [3.05, 3.63) is 111 Å². The van der Waals surface area contributed by atoms with Crippen LogP contribution in [-0.2, 0) is 13.2 Å². The molecule has 1 aromatic heterocycles. The van der Waals surface area contributed by atoms with Gasteiger partial charge in [0.1, 0.15) is 30.2 Å². The van der Waals surface area contributed by atoms with Gasteiger partial charge in [-0.3, -0.25) is 4.79 Å². The molecule has 0 aliphatic carbocycles. The highest BCUT2D eigenvalue weighted by Gasteiger charge is 2.19. The van der Waals surface area contributed by atoms with E-state index in [1.54, 1.807) is 42.5 Å². The molecule has 9 heteroatoms. The smallest absolute Gasteiger partial charge is 0.221 e. The molecule has 0 aliphatic rings. The minimum atomic E-state index is -0.287. The van der Waals surface area contributed by atoms with Gasteiger partial charge in [-0.2, -0.15) is 0 Å². The van der Waals surface area contributed by atoms with Crippen molar-refractivity contribution in [2.24, 2.45) is 0 Å². The number of hydrogen-bond acceptors (Lipinski definition) is 7. The Hall–Kier alpha value is -3.78. The number of rotatable bonds is 8. The Labute approximate surface area is 227 Å². The van der Waals surface area contributed by atoms with Gasteiger partial charge in [-0.25, -0.2) is 4.98 Å². The minimum absolute atomic E-state index is 0.220. The van der Waals surface area contributed by atoms with Crippen LogP contribution in [-0.4, -0.2) is 10.8 Å². The van der Waals surface area contributed by atoms with Gasteiger partial charge < -0.3 is 20.9 Å². The molecule has 5 aromatic rings. The predicted molar refractivity (Wildman–Crippen MR) is 150 cm³/mol. The first kappa shape index (κ1) is 24.9. The second-order valence-corrected chi connectivity index (χ2v) is 10.1. The molecule has 6 nitrogen and oxygen atoms in total. The van der Waals surface area contributed by atoms with Crippen molar-refractivity contribution in [3.8, 4) is 11.5 Å². The third-order valence-electron chi connectivity index (χ3n) is 5.59. The third-order valence-corrected chi connectivity index (χ3v) is 7.33.